The van der Waals surface area contributed by atoms with Crippen molar-refractivity contribution in [3.63, 3.8) is 0 Å². The number of rotatable bonds is 5. The summed E-state index contributed by atoms with van der Waals surface area (Å²) in [5.41, 5.74) is 3.21. The first-order valence-corrected chi connectivity index (χ1v) is 10.5. The predicted molar refractivity (Wildman–Crippen MR) is 111 cm³/mol. The van der Waals surface area contributed by atoms with Crippen LogP contribution in [-0.2, 0) is 13.1 Å². The maximum absolute atomic E-state index is 14.2. The zero-order valence-corrected chi connectivity index (χ0v) is 16.8. The van der Waals surface area contributed by atoms with E-state index in [1.807, 2.05) is 36.5 Å². The molecule has 2 aliphatic rings. The Hall–Kier alpha value is -3.15. The van der Waals surface area contributed by atoms with Crippen LogP contribution in [0.25, 0.3) is 5.69 Å². The van der Waals surface area contributed by atoms with Gasteiger partial charge < -0.3 is 9.64 Å². The summed E-state index contributed by atoms with van der Waals surface area (Å²) in [6.45, 7) is 0.866. The maximum Gasteiger partial charge on any atom is 0.258 e. The molecular weight excluding hydrogens is 381 g/mol. The Kier molecular flexibility index (Phi) is 4.99. The summed E-state index contributed by atoms with van der Waals surface area (Å²) in [5.74, 6) is -0.0387. The summed E-state index contributed by atoms with van der Waals surface area (Å²) in [5, 5.41) is 4.23. The van der Waals surface area contributed by atoms with Crippen LogP contribution in [-0.4, -0.2) is 26.7 Å². The van der Waals surface area contributed by atoms with Gasteiger partial charge >= 0.3 is 0 Å². The molecule has 0 N–H and O–H groups in total. The summed E-state index contributed by atoms with van der Waals surface area (Å²) in [6, 6.07) is 12.6. The molecule has 2 aromatic carbocycles. The van der Waals surface area contributed by atoms with Gasteiger partial charge in [0.25, 0.3) is 5.91 Å². The molecule has 0 spiro atoms. The average molecular weight is 405 g/mol. The molecular formula is C24H24FN3O2. The Morgan fingerprint density at radius 1 is 1.10 bits per heavy atom. The van der Waals surface area contributed by atoms with E-state index in [9.17, 15) is 9.18 Å². The van der Waals surface area contributed by atoms with E-state index < -0.39 is 0 Å². The number of hydrogen-bond donors (Lipinski definition) is 0. The predicted octanol–water partition coefficient (Wildman–Crippen LogP) is 4.88. The molecule has 1 saturated carbocycles. The Labute approximate surface area is 175 Å². The van der Waals surface area contributed by atoms with Gasteiger partial charge in [-0.25, -0.2) is 9.07 Å². The second-order valence-corrected chi connectivity index (χ2v) is 8.09. The van der Waals surface area contributed by atoms with E-state index in [2.05, 4.69) is 5.10 Å². The minimum atomic E-state index is -0.349. The van der Waals surface area contributed by atoms with E-state index in [1.165, 1.54) is 18.6 Å². The number of carbonyl (C=O) groups excluding carboxylic acids is 1. The number of benzene rings is 2. The van der Waals surface area contributed by atoms with Crippen LogP contribution in [0.3, 0.4) is 0 Å². The van der Waals surface area contributed by atoms with Gasteiger partial charge in [-0.1, -0.05) is 18.6 Å². The van der Waals surface area contributed by atoms with Gasteiger partial charge in [-0.2, -0.15) is 5.10 Å². The highest BCUT2D eigenvalue weighted by Crippen LogP contribution is 2.35. The third-order valence-electron chi connectivity index (χ3n) is 5.94. The third-order valence-corrected chi connectivity index (χ3v) is 5.94. The number of halogens is 1. The lowest BCUT2D eigenvalue weighted by atomic mass is 9.97. The number of amides is 1. The molecule has 1 aliphatic carbocycles. The van der Waals surface area contributed by atoms with E-state index in [1.54, 1.807) is 15.8 Å². The lowest BCUT2D eigenvalue weighted by Crippen LogP contribution is -2.24. The van der Waals surface area contributed by atoms with Gasteiger partial charge in [0.05, 0.1) is 17.4 Å². The van der Waals surface area contributed by atoms with Crippen molar-refractivity contribution in [3.05, 3.63) is 77.4 Å². The van der Waals surface area contributed by atoms with Gasteiger partial charge in [0.15, 0.2) is 0 Å². The zero-order valence-electron chi connectivity index (χ0n) is 16.8. The van der Waals surface area contributed by atoms with Crippen LogP contribution < -0.4 is 4.74 Å². The highest BCUT2D eigenvalue weighted by molar-refractivity contribution is 6.01. The summed E-state index contributed by atoms with van der Waals surface area (Å²) in [4.78, 5) is 14.9. The molecule has 0 radical (unpaired) electrons. The lowest BCUT2D eigenvalue weighted by Gasteiger charge is -2.24. The molecule has 0 unspecified atom stereocenters. The van der Waals surface area contributed by atoms with E-state index >= 15 is 0 Å². The molecule has 30 heavy (non-hydrogen) atoms. The van der Waals surface area contributed by atoms with Crippen molar-refractivity contribution in [1.82, 2.24) is 14.7 Å². The molecule has 0 atom stereocenters. The van der Waals surface area contributed by atoms with E-state index in [4.69, 9.17) is 4.74 Å². The van der Waals surface area contributed by atoms with Crippen molar-refractivity contribution in [2.75, 3.05) is 0 Å². The molecule has 5 nitrogen and oxygen atoms in total. The summed E-state index contributed by atoms with van der Waals surface area (Å²) >= 11 is 0. The molecule has 154 valence electrons. The number of hydrogen-bond acceptors (Lipinski definition) is 3. The molecule has 0 bridgehead atoms. The Bertz CT molecular complexity index is 1040. The second kappa shape index (κ2) is 7.94. The SMILES string of the molecule is O=C1c2c(cc(F)cc2OC2CCCCC2)CN1Cc1ccc(-n2cccn2)cc1. The molecule has 1 aromatic heterocycles. The Morgan fingerprint density at radius 2 is 1.90 bits per heavy atom. The zero-order chi connectivity index (χ0) is 20.5. The molecule has 0 saturated heterocycles. The van der Waals surface area contributed by atoms with E-state index in [-0.39, 0.29) is 17.8 Å². The van der Waals surface area contributed by atoms with Crippen LogP contribution in [0.2, 0.25) is 0 Å². The number of nitrogens with zero attached hydrogens (tertiary/aromatic N) is 3. The first kappa shape index (κ1) is 18.9. The smallest absolute Gasteiger partial charge is 0.258 e. The standard InChI is InChI=1S/C24H24FN3O2/c25-19-13-18-16-27(15-17-7-9-20(10-8-17)28-12-4-11-26-28)24(29)23(18)22(14-19)30-21-5-2-1-3-6-21/h4,7-14,21H,1-3,5-6,15-16H2. The van der Waals surface area contributed by atoms with Crippen LogP contribution in [0.15, 0.2) is 54.9 Å². The largest absolute Gasteiger partial charge is 0.489 e. The van der Waals surface area contributed by atoms with Crippen molar-refractivity contribution < 1.29 is 13.9 Å². The van der Waals surface area contributed by atoms with Crippen LogP contribution in [0.1, 0.15) is 53.6 Å². The minimum Gasteiger partial charge on any atom is -0.489 e. The molecule has 6 heteroatoms. The maximum atomic E-state index is 14.2. The van der Waals surface area contributed by atoms with Gasteiger partial charge in [-0.05, 0) is 61.1 Å². The van der Waals surface area contributed by atoms with Gasteiger partial charge in [0.1, 0.15) is 11.6 Å². The molecule has 3 aromatic rings. The van der Waals surface area contributed by atoms with Crippen LogP contribution in [0.4, 0.5) is 4.39 Å². The van der Waals surface area contributed by atoms with Crippen LogP contribution >= 0.6 is 0 Å². The van der Waals surface area contributed by atoms with Crippen molar-refractivity contribution in [2.45, 2.75) is 51.3 Å². The Morgan fingerprint density at radius 3 is 2.63 bits per heavy atom. The molecule has 1 aliphatic heterocycles. The van der Waals surface area contributed by atoms with Crippen molar-refractivity contribution >= 4 is 5.91 Å². The van der Waals surface area contributed by atoms with E-state index in [0.717, 1.165) is 36.9 Å². The lowest BCUT2D eigenvalue weighted by molar-refractivity contribution is 0.0759. The third kappa shape index (κ3) is 3.70. The first-order chi connectivity index (χ1) is 14.7. The number of carbonyl (C=O) groups is 1. The molecule has 5 rings (SSSR count). The summed E-state index contributed by atoms with van der Waals surface area (Å²) in [6.07, 6.45) is 9.08. The van der Waals surface area contributed by atoms with Crippen molar-refractivity contribution in [1.29, 1.82) is 0 Å². The highest BCUT2D eigenvalue weighted by atomic mass is 19.1. The molecule has 1 amide bonds. The van der Waals surface area contributed by atoms with Crippen molar-refractivity contribution in [2.24, 2.45) is 0 Å². The number of aromatic nitrogens is 2. The average Bonchev–Trinajstić information content (AvgIpc) is 3.38. The molecule has 2 heterocycles. The monoisotopic (exact) mass is 405 g/mol. The number of ether oxygens (including phenoxy) is 1. The fraction of sp³-hybridized carbons (Fsp3) is 0.333. The van der Waals surface area contributed by atoms with Gasteiger partial charge in [0, 0.05) is 31.5 Å². The van der Waals surface area contributed by atoms with Gasteiger partial charge in [-0.3, -0.25) is 4.79 Å². The Balaban J connectivity index is 1.34. The van der Waals surface area contributed by atoms with Crippen LogP contribution in [0.5, 0.6) is 5.75 Å². The van der Waals surface area contributed by atoms with Crippen molar-refractivity contribution in [3.8, 4) is 11.4 Å². The highest BCUT2D eigenvalue weighted by Gasteiger charge is 2.32. The second-order valence-electron chi connectivity index (χ2n) is 8.09. The number of fused-ring (bicyclic) bond motifs is 1. The van der Waals surface area contributed by atoms with Gasteiger partial charge in [0.2, 0.25) is 0 Å². The summed E-state index contributed by atoms with van der Waals surface area (Å²) < 4.78 is 22.1. The fourth-order valence-electron chi connectivity index (χ4n) is 4.42. The fourth-order valence-corrected chi connectivity index (χ4v) is 4.42. The quantitative estimate of drug-likeness (QED) is 0.608. The normalized spacial score (nSPS) is 16.7. The minimum absolute atomic E-state index is 0.0707. The first-order valence-electron chi connectivity index (χ1n) is 10.5. The summed E-state index contributed by atoms with van der Waals surface area (Å²) in [7, 11) is 0. The topological polar surface area (TPSA) is 47.4 Å². The molecule has 1 fully saturated rings. The van der Waals surface area contributed by atoms with Crippen LogP contribution in [0, 0.1) is 5.82 Å². The van der Waals surface area contributed by atoms with E-state index in [0.29, 0.717) is 30.0 Å². The van der Waals surface area contributed by atoms with Gasteiger partial charge in [-0.15, -0.1) is 0 Å².